The summed E-state index contributed by atoms with van der Waals surface area (Å²) in [4.78, 5) is 27.6. The van der Waals surface area contributed by atoms with Crippen molar-refractivity contribution in [1.29, 1.82) is 0 Å². The number of carbonyl (C=O) groups is 2. The minimum atomic E-state index is -4.62. The molecule has 0 saturated carbocycles. The third-order valence-electron chi connectivity index (χ3n) is 5.55. The summed E-state index contributed by atoms with van der Waals surface area (Å²) in [7, 11) is 1.57. The Bertz CT molecular complexity index is 1230. The number of aryl methyl sites for hydroxylation is 1. The molecule has 0 bridgehead atoms. The zero-order valence-corrected chi connectivity index (χ0v) is 19.0. The van der Waals surface area contributed by atoms with Crippen molar-refractivity contribution in [2.45, 2.75) is 32.1 Å². The molecule has 8 nitrogen and oxygen atoms in total. The van der Waals surface area contributed by atoms with Crippen molar-refractivity contribution >= 4 is 17.5 Å². The van der Waals surface area contributed by atoms with Crippen LogP contribution in [0.25, 0.3) is 0 Å². The molecule has 4 rings (SSSR count). The van der Waals surface area contributed by atoms with Gasteiger partial charge in [-0.25, -0.2) is 0 Å². The minimum Gasteiger partial charge on any atom is -0.454 e. The molecule has 0 fully saturated rings. The predicted octanol–water partition coefficient (Wildman–Crippen LogP) is 3.33. The molecule has 0 saturated heterocycles. The normalized spacial score (nSPS) is 13.4. The standard InChI is InChI=1S/C24H23F3N4O4/c1-15-10-21(24(25,26)27)29-31(15)13-22(32)28-18(11-16-6-4-3-5-7-16)23(33)30(2)17-8-9-19-20(12-17)35-14-34-19/h3-10,12,18H,11,13-14H2,1-2H3,(H,28,32)/t18-/m0/s1. The highest BCUT2D eigenvalue weighted by Crippen LogP contribution is 2.35. The second-order valence-electron chi connectivity index (χ2n) is 8.07. The van der Waals surface area contributed by atoms with Crippen LogP contribution in [0.3, 0.4) is 0 Å². The SMILES string of the molecule is Cc1cc(C(F)(F)F)nn1CC(=O)N[C@@H](Cc1ccccc1)C(=O)N(C)c1ccc2c(c1)OCO2. The minimum absolute atomic E-state index is 0.0893. The molecule has 0 spiro atoms. The van der Waals surface area contributed by atoms with E-state index in [9.17, 15) is 22.8 Å². The quantitative estimate of drug-likeness (QED) is 0.552. The highest BCUT2D eigenvalue weighted by Gasteiger charge is 2.35. The summed E-state index contributed by atoms with van der Waals surface area (Å²) >= 11 is 0. The van der Waals surface area contributed by atoms with Crippen LogP contribution in [0, 0.1) is 6.92 Å². The van der Waals surface area contributed by atoms with Gasteiger partial charge < -0.3 is 19.7 Å². The van der Waals surface area contributed by atoms with Crippen LogP contribution in [0.1, 0.15) is 17.0 Å². The van der Waals surface area contributed by atoms with Gasteiger partial charge in [-0.05, 0) is 30.7 Å². The zero-order chi connectivity index (χ0) is 25.2. The molecule has 1 aromatic heterocycles. The smallest absolute Gasteiger partial charge is 0.435 e. The molecule has 0 unspecified atom stereocenters. The van der Waals surface area contributed by atoms with Crippen molar-refractivity contribution in [2.24, 2.45) is 0 Å². The summed E-state index contributed by atoms with van der Waals surface area (Å²) in [6.07, 6.45) is -4.43. The van der Waals surface area contributed by atoms with E-state index in [1.807, 2.05) is 30.3 Å². The van der Waals surface area contributed by atoms with Crippen molar-refractivity contribution in [3.63, 3.8) is 0 Å². The van der Waals surface area contributed by atoms with Gasteiger partial charge in [-0.2, -0.15) is 18.3 Å². The average Bonchev–Trinajstić information content (AvgIpc) is 3.44. The van der Waals surface area contributed by atoms with Gasteiger partial charge in [0.2, 0.25) is 18.6 Å². The van der Waals surface area contributed by atoms with Crippen LogP contribution in [-0.4, -0.2) is 41.5 Å². The Balaban J connectivity index is 1.53. The van der Waals surface area contributed by atoms with E-state index in [1.165, 1.54) is 11.8 Å². The van der Waals surface area contributed by atoms with Gasteiger partial charge in [-0.3, -0.25) is 14.3 Å². The molecule has 11 heteroatoms. The van der Waals surface area contributed by atoms with Gasteiger partial charge in [-0.15, -0.1) is 0 Å². The Labute approximate surface area is 199 Å². The van der Waals surface area contributed by atoms with Gasteiger partial charge in [0, 0.05) is 30.9 Å². The van der Waals surface area contributed by atoms with Crippen molar-refractivity contribution < 1.29 is 32.2 Å². The van der Waals surface area contributed by atoms with Crippen molar-refractivity contribution in [3.8, 4) is 11.5 Å². The van der Waals surface area contributed by atoms with Crippen LogP contribution < -0.4 is 19.7 Å². The van der Waals surface area contributed by atoms with Gasteiger partial charge in [0.1, 0.15) is 12.6 Å². The van der Waals surface area contributed by atoms with E-state index < -0.39 is 36.3 Å². The maximum absolute atomic E-state index is 13.4. The Kier molecular flexibility index (Phi) is 6.68. The molecule has 2 amide bonds. The lowest BCUT2D eigenvalue weighted by Crippen LogP contribution is -2.49. The molecule has 0 radical (unpaired) electrons. The van der Waals surface area contributed by atoms with E-state index in [0.29, 0.717) is 17.2 Å². The molecule has 3 aromatic rings. The van der Waals surface area contributed by atoms with Gasteiger partial charge in [0.05, 0.1) is 0 Å². The summed E-state index contributed by atoms with van der Waals surface area (Å²) < 4.78 is 50.5. The Morgan fingerprint density at radius 2 is 1.83 bits per heavy atom. The molecule has 2 aromatic carbocycles. The van der Waals surface area contributed by atoms with Gasteiger partial charge in [0.25, 0.3) is 0 Å². The number of amides is 2. The topological polar surface area (TPSA) is 85.7 Å². The summed E-state index contributed by atoms with van der Waals surface area (Å²) in [6.45, 7) is 1.05. The molecular formula is C24H23F3N4O4. The number of anilines is 1. The third kappa shape index (κ3) is 5.56. The molecule has 35 heavy (non-hydrogen) atoms. The van der Waals surface area contributed by atoms with Crippen LogP contribution in [-0.2, 0) is 28.7 Å². The number of ether oxygens (including phenoxy) is 2. The lowest BCUT2D eigenvalue weighted by atomic mass is 10.0. The van der Waals surface area contributed by atoms with E-state index in [-0.39, 0.29) is 18.9 Å². The maximum Gasteiger partial charge on any atom is 0.435 e. The number of alkyl halides is 3. The number of hydrogen-bond acceptors (Lipinski definition) is 5. The molecule has 2 heterocycles. The summed E-state index contributed by atoms with van der Waals surface area (Å²) in [5.74, 6) is 0.0181. The molecule has 1 atom stereocenters. The van der Waals surface area contributed by atoms with Gasteiger partial charge in [-0.1, -0.05) is 30.3 Å². The molecule has 1 aliphatic rings. The fraction of sp³-hybridized carbons (Fsp3) is 0.292. The number of aromatic nitrogens is 2. The van der Waals surface area contributed by atoms with E-state index in [2.05, 4.69) is 10.4 Å². The molecule has 0 aliphatic carbocycles. The Hall–Kier alpha value is -4.02. The molecule has 184 valence electrons. The first-order chi connectivity index (χ1) is 16.6. The number of fused-ring (bicyclic) bond motifs is 1. The number of carbonyl (C=O) groups excluding carboxylic acids is 2. The summed E-state index contributed by atoms with van der Waals surface area (Å²) in [5.41, 5.74) is 0.433. The largest absolute Gasteiger partial charge is 0.454 e. The number of likely N-dealkylation sites (N-methyl/N-ethyl adjacent to an activating group) is 1. The first-order valence-corrected chi connectivity index (χ1v) is 10.7. The maximum atomic E-state index is 13.4. The van der Waals surface area contributed by atoms with Gasteiger partial charge >= 0.3 is 6.18 Å². The highest BCUT2D eigenvalue weighted by molar-refractivity contribution is 5.99. The van der Waals surface area contributed by atoms with E-state index in [0.717, 1.165) is 16.3 Å². The van der Waals surface area contributed by atoms with Crippen LogP contribution in [0.2, 0.25) is 0 Å². The van der Waals surface area contributed by atoms with Gasteiger partial charge in [0.15, 0.2) is 17.2 Å². The number of rotatable bonds is 7. The van der Waals surface area contributed by atoms with Crippen molar-refractivity contribution in [1.82, 2.24) is 15.1 Å². The van der Waals surface area contributed by atoms with E-state index in [1.54, 1.807) is 25.2 Å². The first kappa shape index (κ1) is 24.1. The third-order valence-corrected chi connectivity index (χ3v) is 5.55. The van der Waals surface area contributed by atoms with E-state index in [4.69, 9.17) is 9.47 Å². The summed E-state index contributed by atoms with van der Waals surface area (Å²) in [5, 5.41) is 6.15. The van der Waals surface area contributed by atoms with Crippen LogP contribution >= 0.6 is 0 Å². The second-order valence-corrected chi connectivity index (χ2v) is 8.07. The lowest BCUT2D eigenvalue weighted by molar-refractivity contribution is -0.141. The van der Waals surface area contributed by atoms with E-state index >= 15 is 0 Å². The van der Waals surface area contributed by atoms with Crippen molar-refractivity contribution in [3.05, 3.63) is 71.5 Å². The fourth-order valence-electron chi connectivity index (χ4n) is 3.69. The Morgan fingerprint density at radius 3 is 2.51 bits per heavy atom. The molecular weight excluding hydrogens is 465 g/mol. The lowest BCUT2D eigenvalue weighted by Gasteiger charge is -2.25. The Morgan fingerprint density at radius 1 is 1.11 bits per heavy atom. The number of halogens is 3. The van der Waals surface area contributed by atoms with Crippen LogP contribution in [0.5, 0.6) is 11.5 Å². The van der Waals surface area contributed by atoms with Crippen molar-refractivity contribution in [2.75, 3.05) is 18.7 Å². The number of nitrogens with one attached hydrogen (secondary N) is 1. The zero-order valence-electron chi connectivity index (χ0n) is 19.0. The number of nitrogens with zero attached hydrogens (tertiary/aromatic N) is 3. The highest BCUT2D eigenvalue weighted by atomic mass is 19.4. The molecule has 1 N–H and O–H groups in total. The number of benzene rings is 2. The summed E-state index contributed by atoms with van der Waals surface area (Å²) in [6, 6.07) is 14.0. The first-order valence-electron chi connectivity index (χ1n) is 10.7. The van der Waals surface area contributed by atoms with Crippen LogP contribution in [0.15, 0.2) is 54.6 Å². The number of hydrogen-bond donors (Lipinski definition) is 1. The predicted molar refractivity (Wildman–Crippen MR) is 120 cm³/mol. The average molecular weight is 488 g/mol. The second kappa shape index (κ2) is 9.69. The fourth-order valence-corrected chi connectivity index (χ4v) is 3.69. The molecule has 1 aliphatic heterocycles. The monoisotopic (exact) mass is 488 g/mol. The van der Waals surface area contributed by atoms with Crippen LogP contribution in [0.4, 0.5) is 18.9 Å².